The first-order valence-electron chi connectivity index (χ1n) is 17.7. The molecule has 0 amide bonds. The summed E-state index contributed by atoms with van der Waals surface area (Å²) in [6, 6.07) is 45.8. The lowest BCUT2D eigenvalue weighted by atomic mass is 9.87. The largest absolute Gasteiger partial charge is 0.504 e. The number of ether oxygens (including phenoxy) is 1. The van der Waals surface area contributed by atoms with Gasteiger partial charge in [-0.2, -0.15) is 0 Å². The SMILES string of the molecule is C=Cc1c(C(C)/C=c2/ccc(C(C)Cc3ccccc3-c3ccccc3C)c/c2=C\OC)cccccc(C)c(-c2ccccc2)c1/C=C\C. The molecule has 0 bridgehead atoms. The predicted octanol–water partition coefficient (Wildman–Crippen LogP) is 11.8. The van der Waals surface area contributed by atoms with Gasteiger partial charge in [0.25, 0.3) is 0 Å². The number of methoxy groups -OCH3 is 1. The monoisotopic (exact) mass is 654 g/mol. The van der Waals surface area contributed by atoms with Gasteiger partial charge in [-0.3, -0.25) is 0 Å². The molecule has 50 heavy (non-hydrogen) atoms. The molecule has 1 nitrogen and oxygen atoms in total. The summed E-state index contributed by atoms with van der Waals surface area (Å²) in [4.78, 5) is 0. The summed E-state index contributed by atoms with van der Waals surface area (Å²) in [5.74, 6) is 0.405. The highest BCUT2D eigenvalue weighted by molar-refractivity contribution is 5.83. The molecule has 0 aliphatic carbocycles. The summed E-state index contributed by atoms with van der Waals surface area (Å²) in [5, 5.41) is 2.22. The van der Waals surface area contributed by atoms with Crippen molar-refractivity contribution >= 4 is 24.5 Å². The van der Waals surface area contributed by atoms with Crippen LogP contribution in [0.15, 0.2) is 140 Å². The minimum absolute atomic E-state index is 0.0851. The van der Waals surface area contributed by atoms with Crippen LogP contribution in [0.3, 0.4) is 0 Å². The third kappa shape index (κ3) is 8.41. The molecule has 5 rings (SSSR count). The van der Waals surface area contributed by atoms with Crippen LogP contribution in [-0.4, -0.2) is 7.11 Å². The molecule has 0 saturated carbocycles. The molecule has 0 radical (unpaired) electrons. The molecule has 5 aromatic rings. The van der Waals surface area contributed by atoms with Gasteiger partial charge in [-0.1, -0.05) is 166 Å². The minimum atomic E-state index is 0.0851. The van der Waals surface area contributed by atoms with Crippen molar-refractivity contribution < 1.29 is 4.74 Å². The van der Waals surface area contributed by atoms with E-state index in [9.17, 15) is 0 Å². The Morgan fingerprint density at radius 1 is 0.680 bits per heavy atom. The zero-order chi connectivity index (χ0) is 35.5. The zero-order valence-electron chi connectivity index (χ0n) is 30.5. The van der Waals surface area contributed by atoms with Crippen molar-refractivity contribution in [3.63, 3.8) is 0 Å². The molecule has 0 aliphatic heterocycles. The van der Waals surface area contributed by atoms with Crippen LogP contribution in [0.2, 0.25) is 0 Å². The quantitative estimate of drug-likeness (QED) is 0.146. The van der Waals surface area contributed by atoms with E-state index in [0.717, 1.165) is 28.0 Å². The maximum Gasteiger partial charge on any atom is 0.0902 e. The molecule has 1 heteroatoms. The number of allylic oxidation sites excluding steroid dienone is 1. The van der Waals surface area contributed by atoms with Crippen molar-refractivity contribution in [2.24, 2.45) is 0 Å². The fourth-order valence-corrected chi connectivity index (χ4v) is 6.98. The van der Waals surface area contributed by atoms with E-state index in [4.69, 9.17) is 4.74 Å². The topological polar surface area (TPSA) is 9.23 Å². The normalized spacial score (nSPS) is 13.2. The molecule has 0 aliphatic rings. The smallest absolute Gasteiger partial charge is 0.0902 e. The van der Waals surface area contributed by atoms with Crippen LogP contribution in [0.5, 0.6) is 0 Å². The Bertz CT molecular complexity index is 2150. The second kappa shape index (κ2) is 17.3. The van der Waals surface area contributed by atoms with Crippen molar-refractivity contribution in [3.8, 4) is 22.3 Å². The summed E-state index contributed by atoms with van der Waals surface area (Å²) in [7, 11) is 1.73. The third-order valence-electron chi connectivity index (χ3n) is 9.53. The van der Waals surface area contributed by atoms with Gasteiger partial charge in [0.15, 0.2) is 0 Å². The summed E-state index contributed by atoms with van der Waals surface area (Å²) >= 11 is 0. The van der Waals surface area contributed by atoms with Gasteiger partial charge in [0.2, 0.25) is 0 Å². The van der Waals surface area contributed by atoms with Crippen molar-refractivity contribution in [3.05, 3.63) is 189 Å². The van der Waals surface area contributed by atoms with Gasteiger partial charge in [-0.15, -0.1) is 0 Å². The number of hydrogen-bond donors (Lipinski definition) is 0. The van der Waals surface area contributed by atoms with Crippen molar-refractivity contribution in [1.82, 2.24) is 0 Å². The minimum Gasteiger partial charge on any atom is -0.504 e. The highest BCUT2D eigenvalue weighted by Gasteiger charge is 2.15. The molecule has 0 N–H and O–H groups in total. The van der Waals surface area contributed by atoms with Gasteiger partial charge >= 0.3 is 0 Å². The molecule has 0 fully saturated rings. The van der Waals surface area contributed by atoms with Gasteiger partial charge < -0.3 is 4.74 Å². The van der Waals surface area contributed by atoms with E-state index in [2.05, 4.69) is 187 Å². The lowest BCUT2D eigenvalue weighted by molar-refractivity contribution is 0.391. The zero-order valence-corrected chi connectivity index (χ0v) is 30.5. The number of rotatable bonds is 10. The van der Waals surface area contributed by atoms with E-state index in [1.807, 2.05) is 12.3 Å². The molecule has 0 spiro atoms. The van der Waals surface area contributed by atoms with E-state index in [0.29, 0.717) is 5.92 Å². The Labute approximate surface area is 300 Å². The van der Waals surface area contributed by atoms with Crippen LogP contribution in [0, 0.1) is 13.8 Å². The lowest BCUT2D eigenvalue weighted by Gasteiger charge is -2.17. The van der Waals surface area contributed by atoms with Crippen LogP contribution < -0.4 is 10.4 Å². The van der Waals surface area contributed by atoms with Crippen LogP contribution in [0.4, 0.5) is 0 Å². The molecule has 0 aromatic heterocycles. The third-order valence-corrected chi connectivity index (χ3v) is 9.53. The Kier molecular flexibility index (Phi) is 12.4. The van der Waals surface area contributed by atoms with Gasteiger partial charge in [0.05, 0.1) is 13.4 Å². The Hall–Kier alpha value is -5.40. The number of benzene rings is 4. The van der Waals surface area contributed by atoms with Gasteiger partial charge in [-0.05, 0) is 106 Å². The first kappa shape index (κ1) is 35.9. The van der Waals surface area contributed by atoms with Crippen molar-refractivity contribution in [1.29, 1.82) is 0 Å². The molecule has 2 atom stereocenters. The average Bonchev–Trinajstić information content (AvgIpc) is 3.12. The number of aryl methyl sites for hydroxylation is 2. The summed E-state index contributed by atoms with van der Waals surface area (Å²) in [6.45, 7) is 15.4. The highest BCUT2D eigenvalue weighted by atomic mass is 16.5. The van der Waals surface area contributed by atoms with Crippen LogP contribution >= 0.6 is 0 Å². The summed E-state index contributed by atoms with van der Waals surface area (Å²) in [5.41, 5.74) is 13.7. The second-order valence-electron chi connectivity index (χ2n) is 13.1. The fourth-order valence-electron chi connectivity index (χ4n) is 6.98. The van der Waals surface area contributed by atoms with E-state index < -0.39 is 0 Å². The van der Waals surface area contributed by atoms with E-state index >= 15 is 0 Å². The molecule has 0 heterocycles. The molecular formula is C49H50O. The van der Waals surface area contributed by atoms with Crippen LogP contribution in [0.1, 0.15) is 71.6 Å². The van der Waals surface area contributed by atoms with Gasteiger partial charge in [0.1, 0.15) is 0 Å². The summed E-state index contributed by atoms with van der Waals surface area (Å²) < 4.78 is 5.65. The maximum absolute atomic E-state index is 5.65. The first-order valence-corrected chi connectivity index (χ1v) is 17.7. The standard InChI is InChI=1S/C49H50O/c1-8-20-48-44(9-2)46(26-15-10-12-22-36(4)49(48)39-23-13-11-14-24-39)38(6)32-41-30-29-40(33-43(41)34-50-7)37(5)31-42-25-17-19-28-47(42)45-27-18-16-21-35(45)3/h8-30,32-34,37-38H,2,31H2,1,3-7H3/b12-10?,15-10?,20-8-,22-12?,26-15?,36-22?,41-32-,43-34+,46-26?,46-44?,48-44?,49-36?,49-48?. The fraction of sp³-hybridized carbons (Fsp3) is 0.184. The van der Waals surface area contributed by atoms with E-state index in [1.54, 1.807) is 7.11 Å². The number of hydrogen-bond acceptors (Lipinski definition) is 1. The predicted molar refractivity (Wildman–Crippen MR) is 218 cm³/mol. The molecular weight excluding hydrogens is 605 g/mol. The average molecular weight is 655 g/mol. The second-order valence-corrected chi connectivity index (χ2v) is 13.1. The Morgan fingerprint density at radius 2 is 1.32 bits per heavy atom. The highest BCUT2D eigenvalue weighted by Crippen LogP contribution is 2.34. The van der Waals surface area contributed by atoms with E-state index in [1.165, 1.54) is 50.1 Å². The van der Waals surface area contributed by atoms with Crippen molar-refractivity contribution in [2.45, 2.75) is 52.9 Å². The van der Waals surface area contributed by atoms with Crippen LogP contribution in [0.25, 0.3) is 46.7 Å². The Balaban J connectivity index is 1.61. The van der Waals surface area contributed by atoms with Gasteiger partial charge in [-0.25, -0.2) is 0 Å². The van der Waals surface area contributed by atoms with Gasteiger partial charge in [0, 0.05) is 11.1 Å². The lowest BCUT2D eigenvalue weighted by Crippen LogP contribution is -2.26. The van der Waals surface area contributed by atoms with Crippen LogP contribution in [-0.2, 0) is 11.2 Å². The molecule has 252 valence electrons. The first-order chi connectivity index (χ1) is 24.4. The maximum atomic E-state index is 5.65. The van der Waals surface area contributed by atoms with Crippen molar-refractivity contribution in [2.75, 3.05) is 7.11 Å². The molecule has 2 unspecified atom stereocenters. The van der Waals surface area contributed by atoms with E-state index in [-0.39, 0.29) is 5.92 Å². The molecule has 5 aromatic carbocycles. The Morgan fingerprint density at radius 3 is 2.02 bits per heavy atom. The summed E-state index contributed by atoms with van der Waals surface area (Å²) in [6.07, 6.45) is 11.5. The molecule has 0 saturated heterocycles.